The van der Waals surface area contributed by atoms with Gasteiger partial charge in [-0.15, -0.1) is 0 Å². The van der Waals surface area contributed by atoms with E-state index in [0.29, 0.717) is 5.41 Å². The summed E-state index contributed by atoms with van der Waals surface area (Å²) in [6, 6.07) is 5.03. The molecule has 3 heteroatoms. The summed E-state index contributed by atoms with van der Waals surface area (Å²) in [5, 5.41) is 3.34. The highest BCUT2D eigenvalue weighted by Crippen LogP contribution is 2.60. The largest absolute Gasteiger partial charge is 0.319 e. The van der Waals surface area contributed by atoms with Gasteiger partial charge in [0.15, 0.2) is 0 Å². The molecule has 0 amide bonds. The summed E-state index contributed by atoms with van der Waals surface area (Å²) in [5.74, 6) is 1.77. The first-order valence-corrected chi connectivity index (χ1v) is 7.50. The van der Waals surface area contributed by atoms with Crippen molar-refractivity contribution in [1.29, 1.82) is 0 Å². The molecule has 2 saturated carbocycles. The van der Waals surface area contributed by atoms with Crippen molar-refractivity contribution in [2.75, 3.05) is 13.6 Å². The van der Waals surface area contributed by atoms with Crippen molar-refractivity contribution in [1.82, 2.24) is 5.32 Å². The molecule has 1 nitrogen and oxygen atoms in total. The number of benzene rings is 1. The van der Waals surface area contributed by atoms with Crippen LogP contribution in [0.3, 0.4) is 0 Å². The average Bonchev–Trinajstić information content (AvgIpc) is 2.93. The van der Waals surface area contributed by atoms with Crippen LogP contribution in [0.25, 0.3) is 0 Å². The minimum Gasteiger partial charge on any atom is -0.319 e. The molecule has 1 aromatic carbocycles. The minimum absolute atomic E-state index is 0.129. The molecule has 1 N–H and O–H groups in total. The molecule has 1 aromatic rings. The molecule has 0 bridgehead atoms. The quantitative estimate of drug-likeness (QED) is 0.892. The summed E-state index contributed by atoms with van der Waals surface area (Å²) in [7, 11) is 2.02. The monoisotopic (exact) mass is 311 g/mol. The standard InChI is InChI=1S/C15H19BrFN/c1-18-9-15(6-10-4-11(10)7-15)8-12-5-13(17)2-3-14(12)16/h2-3,5,10-11,18H,4,6-9H2,1H3. The number of nitrogens with one attached hydrogen (secondary N) is 1. The van der Waals surface area contributed by atoms with E-state index < -0.39 is 0 Å². The lowest BCUT2D eigenvalue weighted by atomic mass is 9.77. The first kappa shape index (κ1) is 12.6. The maximum atomic E-state index is 13.4. The molecule has 18 heavy (non-hydrogen) atoms. The molecular formula is C15H19BrFN. The number of rotatable bonds is 4. The van der Waals surface area contributed by atoms with Gasteiger partial charge in [-0.05, 0) is 73.7 Å². The fourth-order valence-corrected chi connectivity index (χ4v) is 4.20. The Hall–Kier alpha value is -0.410. The summed E-state index contributed by atoms with van der Waals surface area (Å²) in [6.45, 7) is 1.04. The Balaban J connectivity index is 1.82. The predicted octanol–water partition coefficient (Wildman–Crippen LogP) is 3.77. The highest BCUT2D eigenvalue weighted by molar-refractivity contribution is 9.10. The predicted molar refractivity (Wildman–Crippen MR) is 75.0 cm³/mol. The van der Waals surface area contributed by atoms with Crippen LogP contribution in [0.1, 0.15) is 24.8 Å². The molecule has 3 rings (SSSR count). The zero-order valence-electron chi connectivity index (χ0n) is 10.7. The Morgan fingerprint density at radius 3 is 2.78 bits per heavy atom. The Morgan fingerprint density at radius 1 is 1.39 bits per heavy atom. The lowest BCUT2D eigenvalue weighted by Crippen LogP contribution is -2.33. The van der Waals surface area contributed by atoms with Crippen molar-refractivity contribution >= 4 is 15.9 Å². The van der Waals surface area contributed by atoms with Gasteiger partial charge in [-0.1, -0.05) is 15.9 Å². The van der Waals surface area contributed by atoms with Gasteiger partial charge in [0, 0.05) is 11.0 Å². The highest BCUT2D eigenvalue weighted by atomic mass is 79.9. The summed E-state index contributed by atoms with van der Waals surface area (Å²) < 4.78 is 14.4. The van der Waals surface area contributed by atoms with Crippen molar-refractivity contribution in [2.24, 2.45) is 17.3 Å². The van der Waals surface area contributed by atoms with Crippen molar-refractivity contribution in [3.63, 3.8) is 0 Å². The SMILES string of the molecule is CNCC1(Cc2cc(F)ccc2Br)CC2CC2C1. The molecule has 0 aliphatic heterocycles. The molecule has 2 unspecified atom stereocenters. The topological polar surface area (TPSA) is 12.0 Å². The van der Waals surface area contributed by atoms with Crippen LogP contribution in [-0.2, 0) is 6.42 Å². The third-order valence-electron chi connectivity index (χ3n) is 4.58. The summed E-state index contributed by atoms with van der Waals surface area (Å²) >= 11 is 3.55. The second kappa shape index (κ2) is 4.61. The van der Waals surface area contributed by atoms with E-state index in [0.717, 1.165) is 34.8 Å². The minimum atomic E-state index is -0.129. The second-order valence-electron chi connectivity index (χ2n) is 6.11. The number of fused-ring (bicyclic) bond motifs is 1. The highest BCUT2D eigenvalue weighted by Gasteiger charge is 2.53. The molecule has 0 radical (unpaired) electrons. The van der Waals surface area contributed by atoms with Gasteiger partial charge in [-0.3, -0.25) is 0 Å². The van der Waals surface area contributed by atoms with Crippen LogP contribution in [0.15, 0.2) is 22.7 Å². The molecule has 2 fully saturated rings. The molecule has 0 heterocycles. The first-order valence-electron chi connectivity index (χ1n) is 6.70. The average molecular weight is 312 g/mol. The van der Waals surface area contributed by atoms with Gasteiger partial charge < -0.3 is 5.32 Å². The number of hydrogen-bond acceptors (Lipinski definition) is 1. The van der Waals surface area contributed by atoms with E-state index in [1.807, 2.05) is 13.1 Å². The van der Waals surface area contributed by atoms with Crippen molar-refractivity contribution in [3.8, 4) is 0 Å². The second-order valence-corrected chi connectivity index (χ2v) is 6.96. The smallest absolute Gasteiger partial charge is 0.123 e. The van der Waals surface area contributed by atoms with Crippen LogP contribution < -0.4 is 5.32 Å². The van der Waals surface area contributed by atoms with E-state index >= 15 is 0 Å². The van der Waals surface area contributed by atoms with Gasteiger partial charge in [0.1, 0.15) is 5.82 Å². The Bertz CT molecular complexity index is 450. The maximum Gasteiger partial charge on any atom is 0.123 e. The van der Waals surface area contributed by atoms with Crippen molar-refractivity contribution < 1.29 is 4.39 Å². The molecule has 98 valence electrons. The third kappa shape index (κ3) is 2.35. The fourth-order valence-electron chi connectivity index (χ4n) is 3.81. The molecule has 2 atom stereocenters. The molecule has 2 aliphatic carbocycles. The Kier molecular flexibility index (Phi) is 3.23. The van der Waals surface area contributed by atoms with Crippen LogP contribution in [0.2, 0.25) is 0 Å². The van der Waals surface area contributed by atoms with Gasteiger partial charge in [0.05, 0.1) is 0 Å². The van der Waals surface area contributed by atoms with Gasteiger partial charge in [-0.25, -0.2) is 4.39 Å². The van der Waals surface area contributed by atoms with E-state index in [2.05, 4.69) is 21.2 Å². The van der Waals surface area contributed by atoms with E-state index in [1.165, 1.54) is 25.3 Å². The number of hydrogen-bond donors (Lipinski definition) is 1. The van der Waals surface area contributed by atoms with Crippen molar-refractivity contribution in [3.05, 3.63) is 34.1 Å². The Morgan fingerprint density at radius 2 is 2.11 bits per heavy atom. The third-order valence-corrected chi connectivity index (χ3v) is 5.36. The lowest BCUT2D eigenvalue weighted by molar-refractivity contribution is 0.254. The van der Waals surface area contributed by atoms with Gasteiger partial charge in [0.2, 0.25) is 0 Å². The molecule has 0 saturated heterocycles. The number of halogens is 2. The molecular weight excluding hydrogens is 293 g/mol. The van der Waals surface area contributed by atoms with E-state index in [4.69, 9.17) is 0 Å². The summed E-state index contributed by atoms with van der Waals surface area (Å²) in [4.78, 5) is 0. The van der Waals surface area contributed by atoms with Crippen molar-refractivity contribution in [2.45, 2.75) is 25.7 Å². The fraction of sp³-hybridized carbons (Fsp3) is 0.600. The van der Waals surface area contributed by atoms with E-state index in [-0.39, 0.29) is 5.82 Å². The van der Waals surface area contributed by atoms with Gasteiger partial charge >= 0.3 is 0 Å². The summed E-state index contributed by atoms with van der Waals surface area (Å²) in [6.07, 6.45) is 5.03. The van der Waals surface area contributed by atoms with Crippen LogP contribution in [0, 0.1) is 23.1 Å². The van der Waals surface area contributed by atoms with Crippen LogP contribution >= 0.6 is 15.9 Å². The maximum absolute atomic E-state index is 13.4. The van der Waals surface area contributed by atoms with E-state index in [1.54, 1.807) is 6.07 Å². The van der Waals surface area contributed by atoms with Gasteiger partial charge in [0.25, 0.3) is 0 Å². The van der Waals surface area contributed by atoms with Crippen LogP contribution in [-0.4, -0.2) is 13.6 Å². The normalized spacial score (nSPS) is 33.5. The summed E-state index contributed by atoms with van der Waals surface area (Å²) in [5.41, 5.74) is 1.46. The lowest BCUT2D eigenvalue weighted by Gasteiger charge is -2.31. The first-order chi connectivity index (χ1) is 8.62. The van der Waals surface area contributed by atoms with Crippen LogP contribution in [0.4, 0.5) is 4.39 Å². The Labute approximate surface area is 116 Å². The van der Waals surface area contributed by atoms with Gasteiger partial charge in [-0.2, -0.15) is 0 Å². The van der Waals surface area contributed by atoms with E-state index in [9.17, 15) is 4.39 Å². The zero-order valence-corrected chi connectivity index (χ0v) is 12.3. The molecule has 0 aromatic heterocycles. The van der Waals surface area contributed by atoms with Crippen LogP contribution in [0.5, 0.6) is 0 Å². The molecule has 2 aliphatic rings. The zero-order chi connectivity index (χ0) is 12.8. The molecule has 0 spiro atoms.